The van der Waals surface area contributed by atoms with Gasteiger partial charge in [0.2, 0.25) is 0 Å². The molecule has 0 N–H and O–H groups in total. The van der Waals surface area contributed by atoms with Gasteiger partial charge < -0.3 is 8.83 Å². The van der Waals surface area contributed by atoms with Crippen LogP contribution in [0.4, 0.5) is 0 Å². The van der Waals surface area contributed by atoms with Gasteiger partial charge in [-0.2, -0.15) is 0 Å². The molecule has 7 aromatic carbocycles. The number of furan rings is 2. The van der Waals surface area contributed by atoms with Gasteiger partial charge >= 0.3 is 0 Å². The summed E-state index contributed by atoms with van der Waals surface area (Å²) in [6.45, 7) is 0. The molecule has 0 saturated heterocycles. The van der Waals surface area contributed by atoms with Crippen LogP contribution in [0.15, 0.2) is 173 Å². The molecule has 50 heavy (non-hydrogen) atoms. The van der Waals surface area contributed by atoms with Gasteiger partial charge in [0.25, 0.3) is 0 Å². The molecule has 3 aromatic heterocycles. The van der Waals surface area contributed by atoms with E-state index in [1.807, 2.05) is 72.8 Å². The van der Waals surface area contributed by atoms with Crippen molar-refractivity contribution in [1.82, 2.24) is 15.0 Å². The van der Waals surface area contributed by atoms with Crippen LogP contribution in [0.2, 0.25) is 0 Å². The normalized spacial score (nSPS) is 11.6. The Morgan fingerprint density at radius 1 is 0.260 bits per heavy atom. The molecule has 5 nitrogen and oxygen atoms in total. The molecular weight excluding hydrogens is 615 g/mol. The number of para-hydroxylation sites is 1. The molecule has 0 radical (unpaired) electrons. The number of nitrogens with zero attached hydrogens (tertiary/aromatic N) is 3. The smallest absolute Gasteiger partial charge is 0.164 e. The lowest BCUT2D eigenvalue weighted by molar-refractivity contribution is 0.668. The average molecular weight is 642 g/mol. The third-order valence-corrected chi connectivity index (χ3v) is 9.34. The van der Waals surface area contributed by atoms with Gasteiger partial charge in [-0.1, -0.05) is 115 Å². The molecule has 0 bridgehead atoms. The van der Waals surface area contributed by atoms with E-state index in [9.17, 15) is 0 Å². The van der Waals surface area contributed by atoms with Crippen molar-refractivity contribution in [2.45, 2.75) is 0 Å². The zero-order chi connectivity index (χ0) is 33.0. The molecule has 10 aromatic rings. The highest BCUT2D eigenvalue weighted by atomic mass is 16.3. The van der Waals surface area contributed by atoms with Crippen molar-refractivity contribution in [3.05, 3.63) is 164 Å². The second-order valence-electron chi connectivity index (χ2n) is 12.5. The molecule has 0 aliphatic carbocycles. The van der Waals surface area contributed by atoms with E-state index < -0.39 is 0 Å². The van der Waals surface area contributed by atoms with E-state index in [1.165, 1.54) is 11.1 Å². The largest absolute Gasteiger partial charge is 0.456 e. The maximum atomic E-state index is 6.36. The molecule has 3 heterocycles. The van der Waals surface area contributed by atoms with E-state index in [-0.39, 0.29) is 0 Å². The first kappa shape index (κ1) is 28.2. The van der Waals surface area contributed by atoms with E-state index in [2.05, 4.69) is 91.0 Å². The molecule has 0 unspecified atom stereocenters. The molecule has 234 valence electrons. The van der Waals surface area contributed by atoms with Gasteiger partial charge in [0.05, 0.1) is 0 Å². The third kappa shape index (κ3) is 4.83. The summed E-state index contributed by atoms with van der Waals surface area (Å²) < 4.78 is 12.6. The molecule has 0 aliphatic rings. The second kappa shape index (κ2) is 11.4. The van der Waals surface area contributed by atoms with E-state index in [1.54, 1.807) is 0 Å². The van der Waals surface area contributed by atoms with Gasteiger partial charge in [0.15, 0.2) is 17.5 Å². The summed E-state index contributed by atoms with van der Waals surface area (Å²) in [5, 5.41) is 4.35. The van der Waals surface area contributed by atoms with E-state index in [4.69, 9.17) is 23.8 Å². The number of aromatic nitrogens is 3. The van der Waals surface area contributed by atoms with Crippen molar-refractivity contribution in [2.24, 2.45) is 0 Å². The number of rotatable bonds is 5. The van der Waals surface area contributed by atoms with Crippen LogP contribution >= 0.6 is 0 Å². The molecule has 10 rings (SSSR count). The number of hydrogen-bond donors (Lipinski definition) is 0. The van der Waals surface area contributed by atoms with Gasteiger partial charge in [-0.3, -0.25) is 0 Å². The molecule has 0 fully saturated rings. The number of fused-ring (bicyclic) bond motifs is 6. The van der Waals surface area contributed by atoms with Crippen molar-refractivity contribution in [2.75, 3.05) is 0 Å². The van der Waals surface area contributed by atoms with E-state index in [0.29, 0.717) is 17.5 Å². The Labute approximate surface area is 287 Å². The topological polar surface area (TPSA) is 65.0 Å². The monoisotopic (exact) mass is 641 g/mol. The Kier molecular flexibility index (Phi) is 6.42. The maximum absolute atomic E-state index is 6.36. The molecule has 0 spiro atoms. The minimum absolute atomic E-state index is 0.583. The Bertz CT molecular complexity index is 2870. The first-order valence-electron chi connectivity index (χ1n) is 16.6. The Morgan fingerprint density at radius 3 is 1.48 bits per heavy atom. The summed E-state index contributed by atoms with van der Waals surface area (Å²) in [7, 11) is 0. The molecule has 5 heteroatoms. The summed E-state index contributed by atoms with van der Waals surface area (Å²) in [5.74, 6) is 1.79. The highest BCUT2D eigenvalue weighted by molar-refractivity contribution is 6.07. The van der Waals surface area contributed by atoms with Gasteiger partial charge in [0, 0.05) is 38.2 Å². The predicted molar refractivity (Wildman–Crippen MR) is 202 cm³/mol. The van der Waals surface area contributed by atoms with Crippen molar-refractivity contribution < 1.29 is 8.83 Å². The standard InChI is InChI=1S/C45H27N3O2/c1-3-10-28(11-4-1)31-20-23-40-38(25-31)37-21-18-32(26-41(37)50-40)30-14-9-15-33(24-30)44-46-43(29-12-5-2-6-13-29)47-45(48-44)34-19-22-36-35-16-7-8-17-39(35)49-42(36)27-34/h1-27H. The fourth-order valence-electron chi connectivity index (χ4n) is 6.82. The van der Waals surface area contributed by atoms with Crippen molar-refractivity contribution in [3.8, 4) is 56.4 Å². The van der Waals surface area contributed by atoms with Gasteiger partial charge in [-0.25, -0.2) is 15.0 Å². The highest BCUT2D eigenvalue weighted by Gasteiger charge is 2.16. The zero-order valence-electron chi connectivity index (χ0n) is 26.7. The van der Waals surface area contributed by atoms with Crippen LogP contribution in [-0.2, 0) is 0 Å². The number of hydrogen-bond acceptors (Lipinski definition) is 5. The van der Waals surface area contributed by atoms with Crippen molar-refractivity contribution >= 4 is 43.9 Å². The fourth-order valence-corrected chi connectivity index (χ4v) is 6.82. The summed E-state index contributed by atoms with van der Waals surface area (Å²) in [4.78, 5) is 14.9. The first-order chi connectivity index (χ1) is 24.7. The number of benzene rings is 7. The third-order valence-electron chi connectivity index (χ3n) is 9.34. The minimum atomic E-state index is 0.583. The van der Waals surface area contributed by atoms with Crippen LogP contribution < -0.4 is 0 Å². The van der Waals surface area contributed by atoms with Crippen LogP contribution in [0.5, 0.6) is 0 Å². The fraction of sp³-hybridized carbons (Fsp3) is 0. The van der Waals surface area contributed by atoms with Crippen molar-refractivity contribution in [1.29, 1.82) is 0 Å². The van der Waals surface area contributed by atoms with Gasteiger partial charge in [-0.15, -0.1) is 0 Å². The molecule has 0 amide bonds. The molecular formula is C45H27N3O2. The van der Waals surface area contributed by atoms with Crippen molar-refractivity contribution in [3.63, 3.8) is 0 Å². The van der Waals surface area contributed by atoms with Crippen LogP contribution in [0, 0.1) is 0 Å². The maximum Gasteiger partial charge on any atom is 0.164 e. The summed E-state index contributed by atoms with van der Waals surface area (Å²) in [5.41, 5.74) is 10.5. The summed E-state index contributed by atoms with van der Waals surface area (Å²) >= 11 is 0. The summed E-state index contributed by atoms with van der Waals surface area (Å²) in [6.07, 6.45) is 0. The quantitative estimate of drug-likeness (QED) is 0.187. The molecule has 0 aliphatic heterocycles. The van der Waals surface area contributed by atoms with Gasteiger partial charge in [0.1, 0.15) is 22.3 Å². The lowest BCUT2D eigenvalue weighted by Crippen LogP contribution is -2.00. The van der Waals surface area contributed by atoms with Crippen LogP contribution in [0.3, 0.4) is 0 Å². The predicted octanol–water partition coefficient (Wildman–Crippen LogP) is 12.0. The SMILES string of the molecule is c1ccc(-c2ccc3oc4cc(-c5cccc(-c6nc(-c7ccccc7)nc(-c7ccc8c(c7)oc7ccccc78)n6)c5)ccc4c3c2)cc1. The van der Waals surface area contributed by atoms with E-state index in [0.717, 1.165) is 71.7 Å². The average Bonchev–Trinajstić information content (AvgIpc) is 3.75. The van der Waals surface area contributed by atoms with E-state index >= 15 is 0 Å². The van der Waals surface area contributed by atoms with Gasteiger partial charge in [-0.05, 0) is 70.8 Å². The Balaban J connectivity index is 1.06. The highest BCUT2D eigenvalue weighted by Crippen LogP contribution is 2.36. The second-order valence-corrected chi connectivity index (χ2v) is 12.5. The minimum Gasteiger partial charge on any atom is -0.456 e. The Hall–Kier alpha value is -6.85. The summed E-state index contributed by atoms with van der Waals surface area (Å²) in [6, 6.07) is 55.9. The lowest BCUT2D eigenvalue weighted by atomic mass is 10.00. The Morgan fingerprint density at radius 2 is 0.720 bits per heavy atom. The van der Waals surface area contributed by atoms with Crippen LogP contribution in [0.1, 0.15) is 0 Å². The zero-order valence-corrected chi connectivity index (χ0v) is 26.7. The first-order valence-corrected chi connectivity index (χ1v) is 16.6. The lowest BCUT2D eigenvalue weighted by Gasteiger charge is -2.10. The van der Waals surface area contributed by atoms with Crippen LogP contribution in [-0.4, -0.2) is 15.0 Å². The molecule has 0 saturated carbocycles. The molecule has 0 atom stereocenters. The van der Waals surface area contributed by atoms with Crippen LogP contribution in [0.25, 0.3) is 100 Å².